The van der Waals surface area contributed by atoms with Gasteiger partial charge in [-0.3, -0.25) is 0 Å². The van der Waals surface area contributed by atoms with E-state index in [0.29, 0.717) is 29.0 Å². The second kappa shape index (κ2) is 5.25. The first kappa shape index (κ1) is 13.1. The van der Waals surface area contributed by atoms with E-state index in [1.54, 1.807) is 12.1 Å². The van der Waals surface area contributed by atoms with Crippen LogP contribution >= 0.6 is 0 Å². The van der Waals surface area contributed by atoms with Crippen molar-refractivity contribution in [1.82, 2.24) is 4.98 Å². The van der Waals surface area contributed by atoms with Gasteiger partial charge in [-0.2, -0.15) is 0 Å². The van der Waals surface area contributed by atoms with Gasteiger partial charge in [-0.1, -0.05) is 0 Å². The van der Waals surface area contributed by atoms with Gasteiger partial charge in [-0.15, -0.1) is 0 Å². The Labute approximate surface area is 116 Å². The molecule has 1 aromatic heterocycles. The fraction of sp³-hybridized carbons (Fsp3) is 0.467. The van der Waals surface area contributed by atoms with Gasteiger partial charge >= 0.3 is 5.97 Å². The van der Waals surface area contributed by atoms with E-state index < -0.39 is 5.97 Å². The number of carbonyl (C=O) groups is 1. The Hall–Kier alpha value is -1.88. The van der Waals surface area contributed by atoms with Crippen LogP contribution in [0.25, 0.3) is 11.1 Å². The van der Waals surface area contributed by atoms with Gasteiger partial charge in [0.2, 0.25) is 0 Å². The molecule has 0 unspecified atom stereocenters. The fourth-order valence-corrected chi connectivity index (χ4v) is 2.65. The van der Waals surface area contributed by atoms with Crippen molar-refractivity contribution in [1.29, 1.82) is 0 Å². The van der Waals surface area contributed by atoms with Crippen molar-refractivity contribution in [3.05, 3.63) is 29.7 Å². The Morgan fingerprint density at radius 3 is 3.00 bits per heavy atom. The van der Waals surface area contributed by atoms with Gasteiger partial charge in [0.25, 0.3) is 0 Å². The number of carboxylic acid groups (broad SMARTS) is 1. The molecule has 1 N–H and O–H groups in total. The molecule has 0 radical (unpaired) electrons. The Morgan fingerprint density at radius 1 is 1.50 bits per heavy atom. The summed E-state index contributed by atoms with van der Waals surface area (Å²) in [6.07, 6.45) is 3.27. The summed E-state index contributed by atoms with van der Waals surface area (Å²) in [5.74, 6) is 0.282. The molecular weight excluding hydrogens is 258 g/mol. The van der Waals surface area contributed by atoms with Crippen LogP contribution in [-0.2, 0) is 11.2 Å². The van der Waals surface area contributed by atoms with Crippen molar-refractivity contribution in [2.75, 3.05) is 6.61 Å². The van der Waals surface area contributed by atoms with Crippen molar-refractivity contribution in [2.24, 2.45) is 5.92 Å². The van der Waals surface area contributed by atoms with Crippen LogP contribution < -0.4 is 0 Å². The van der Waals surface area contributed by atoms with Crippen LogP contribution in [-0.4, -0.2) is 28.8 Å². The minimum absolute atomic E-state index is 0.222. The van der Waals surface area contributed by atoms with E-state index >= 15 is 0 Å². The molecule has 1 fully saturated rings. The van der Waals surface area contributed by atoms with Crippen LogP contribution in [0, 0.1) is 5.92 Å². The first-order valence-electron chi connectivity index (χ1n) is 6.90. The van der Waals surface area contributed by atoms with Gasteiger partial charge in [-0.25, -0.2) is 9.78 Å². The monoisotopic (exact) mass is 275 g/mol. The highest BCUT2D eigenvalue weighted by Gasteiger charge is 2.30. The number of oxazole rings is 1. The van der Waals surface area contributed by atoms with Crippen molar-refractivity contribution < 1.29 is 19.1 Å². The number of hydrogen-bond donors (Lipinski definition) is 1. The largest absolute Gasteiger partial charge is 0.478 e. The van der Waals surface area contributed by atoms with Crippen LogP contribution in [0.15, 0.2) is 22.6 Å². The molecule has 0 spiro atoms. The predicted molar refractivity (Wildman–Crippen MR) is 72.8 cm³/mol. The maximum Gasteiger partial charge on any atom is 0.335 e. The molecule has 1 aliphatic rings. The minimum atomic E-state index is -0.955. The van der Waals surface area contributed by atoms with Gasteiger partial charge in [0.05, 0.1) is 11.7 Å². The summed E-state index contributed by atoms with van der Waals surface area (Å²) >= 11 is 0. The number of aromatic carboxylic acids is 1. The predicted octanol–water partition coefficient (Wildman–Crippen LogP) is 2.88. The standard InChI is InChI=1S/C15H17NO4/c1-2-19-11-5-9(6-11)7-14-16-12-4-3-10(15(17)18)8-13(12)20-14/h3-4,8-9,11H,2,5-7H2,1H3,(H,17,18). The maximum atomic E-state index is 10.9. The van der Waals surface area contributed by atoms with Gasteiger partial charge in [0.15, 0.2) is 11.5 Å². The quantitative estimate of drug-likeness (QED) is 0.908. The Morgan fingerprint density at radius 2 is 2.30 bits per heavy atom. The number of carboxylic acids is 1. The van der Waals surface area contributed by atoms with E-state index in [0.717, 1.165) is 25.9 Å². The second-order valence-corrected chi connectivity index (χ2v) is 5.21. The molecule has 0 saturated heterocycles. The van der Waals surface area contributed by atoms with Gasteiger partial charge in [-0.05, 0) is 43.9 Å². The Kier molecular flexibility index (Phi) is 3.44. The van der Waals surface area contributed by atoms with E-state index in [1.807, 2.05) is 6.92 Å². The lowest BCUT2D eigenvalue weighted by atomic mass is 9.80. The summed E-state index contributed by atoms with van der Waals surface area (Å²) in [4.78, 5) is 15.3. The van der Waals surface area contributed by atoms with Crippen molar-refractivity contribution in [3.8, 4) is 0 Å². The number of benzene rings is 1. The molecule has 0 aliphatic heterocycles. The molecule has 1 aromatic carbocycles. The maximum absolute atomic E-state index is 10.9. The Bertz CT molecular complexity index is 628. The fourth-order valence-electron chi connectivity index (χ4n) is 2.65. The summed E-state index contributed by atoms with van der Waals surface area (Å²) < 4.78 is 11.2. The highest BCUT2D eigenvalue weighted by molar-refractivity contribution is 5.91. The average Bonchev–Trinajstić information content (AvgIpc) is 2.77. The van der Waals surface area contributed by atoms with Crippen LogP contribution in [0.1, 0.15) is 36.0 Å². The zero-order valence-corrected chi connectivity index (χ0v) is 11.3. The SMILES string of the molecule is CCOC1CC(Cc2nc3ccc(C(=O)O)cc3o2)C1. The van der Waals surface area contributed by atoms with E-state index in [4.69, 9.17) is 14.3 Å². The van der Waals surface area contributed by atoms with Crippen LogP contribution in [0.3, 0.4) is 0 Å². The van der Waals surface area contributed by atoms with Crippen LogP contribution in [0.5, 0.6) is 0 Å². The molecule has 0 bridgehead atoms. The number of aromatic nitrogens is 1. The van der Waals surface area contributed by atoms with Gasteiger partial charge < -0.3 is 14.3 Å². The molecule has 1 heterocycles. The highest BCUT2D eigenvalue weighted by atomic mass is 16.5. The molecule has 0 amide bonds. The summed E-state index contributed by atoms with van der Waals surface area (Å²) in [5, 5.41) is 8.95. The van der Waals surface area contributed by atoms with Gasteiger partial charge in [0, 0.05) is 13.0 Å². The second-order valence-electron chi connectivity index (χ2n) is 5.21. The lowest BCUT2D eigenvalue weighted by molar-refractivity contribution is -0.0254. The summed E-state index contributed by atoms with van der Waals surface area (Å²) in [6.45, 7) is 2.77. The van der Waals surface area contributed by atoms with Crippen LogP contribution in [0.2, 0.25) is 0 Å². The zero-order chi connectivity index (χ0) is 14.1. The van der Waals surface area contributed by atoms with E-state index in [9.17, 15) is 4.79 Å². The highest BCUT2D eigenvalue weighted by Crippen LogP contribution is 2.33. The lowest BCUT2D eigenvalue weighted by Gasteiger charge is -2.34. The first-order valence-corrected chi connectivity index (χ1v) is 6.90. The summed E-state index contributed by atoms with van der Waals surface area (Å²) in [7, 11) is 0. The minimum Gasteiger partial charge on any atom is -0.478 e. The van der Waals surface area contributed by atoms with Crippen molar-refractivity contribution >= 4 is 17.1 Å². The first-order chi connectivity index (χ1) is 9.65. The summed E-state index contributed by atoms with van der Waals surface area (Å²) in [5.41, 5.74) is 1.48. The zero-order valence-electron chi connectivity index (χ0n) is 11.3. The molecule has 5 nitrogen and oxygen atoms in total. The molecular formula is C15H17NO4. The Balaban J connectivity index is 1.69. The molecule has 0 atom stereocenters. The third kappa shape index (κ3) is 2.54. The van der Waals surface area contributed by atoms with Crippen molar-refractivity contribution in [2.45, 2.75) is 32.3 Å². The normalized spacial score (nSPS) is 21.9. The smallest absolute Gasteiger partial charge is 0.335 e. The molecule has 20 heavy (non-hydrogen) atoms. The van der Waals surface area contributed by atoms with Gasteiger partial charge in [0.1, 0.15) is 5.52 Å². The molecule has 2 aromatic rings. The van der Waals surface area contributed by atoms with E-state index in [-0.39, 0.29) is 5.56 Å². The third-order valence-corrected chi connectivity index (χ3v) is 3.74. The number of hydrogen-bond acceptors (Lipinski definition) is 4. The molecule has 5 heteroatoms. The molecule has 1 aliphatic carbocycles. The van der Waals surface area contributed by atoms with E-state index in [2.05, 4.69) is 4.98 Å². The van der Waals surface area contributed by atoms with Crippen molar-refractivity contribution in [3.63, 3.8) is 0 Å². The number of fused-ring (bicyclic) bond motifs is 1. The summed E-state index contributed by atoms with van der Waals surface area (Å²) in [6, 6.07) is 4.76. The third-order valence-electron chi connectivity index (χ3n) is 3.74. The molecule has 3 rings (SSSR count). The topological polar surface area (TPSA) is 72.6 Å². The van der Waals surface area contributed by atoms with Crippen LogP contribution in [0.4, 0.5) is 0 Å². The lowest BCUT2D eigenvalue weighted by Crippen LogP contribution is -2.32. The average molecular weight is 275 g/mol. The molecule has 106 valence electrons. The van der Waals surface area contributed by atoms with E-state index in [1.165, 1.54) is 6.07 Å². The number of ether oxygens (including phenoxy) is 1. The number of rotatable bonds is 5. The molecule has 1 saturated carbocycles. The number of nitrogens with zero attached hydrogens (tertiary/aromatic N) is 1.